The van der Waals surface area contributed by atoms with E-state index in [1.54, 1.807) is 6.20 Å². The van der Waals surface area contributed by atoms with Gasteiger partial charge in [-0.2, -0.15) is 0 Å². The van der Waals surface area contributed by atoms with E-state index in [-0.39, 0.29) is 5.92 Å². The number of aromatic amines is 1. The summed E-state index contributed by atoms with van der Waals surface area (Å²) in [6, 6.07) is 9.40. The van der Waals surface area contributed by atoms with Crippen LogP contribution in [0.5, 0.6) is 5.75 Å². The number of aromatic nitrogens is 4. The molecule has 42 heavy (non-hydrogen) atoms. The molecule has 0 spiro atoms. The molecule has 2 atom stereocenters. The van der Waals surface area contributed by atoms with E-state index in [4.69, 9.17) is 9.47 Å². The fourth-order valence-corrected chi connectivity index (χ4v) is 5.95. The topological polar surface area (TPSA) is 90.0 Å². The average Bonchev–Trinajstić information content (AvgIpc) is 3.40. The first-order chi connectivity index (χ1) is 20.5. The summed E-state index contributed by atoms with van der Waals surface area (Å²) < 4.78 is 39.6. The maximum Gasteiger partial charge on any atom is 0.163 e. The molecule has 3 heterocycles. The zero-order chi connectivity index (χ0) is 29.3. The third-order valence-electron chi connectivity index (χ3n) is 7.97. The van der Waals surface area contributed by atoms with Gasteiger partial charge in [0.1, 0.15) is 29.6 Å². The Morgan fingerprint density at radius 2 is 1.98 bits per heavy atom. The molecule has 4 aromatic rings. The maximum atomic E-state index is 14.8. The smallest absolute Gasteiger partial charge is 0.163 e. The van der Waals surface area contributed by atoms with Gasteiger partial charge in [0.15, 0.2) is 11.6 Å². The molecule has 1 N–H and O–H groups in total. The van der Waals surface area contributed by atoms with Gasteiger partial charge in [0, 0.05) is 36.6 Å². The summed E-state index contributed by atoms with van der Waals surface area (Å²) in [4.78, 5) is 28.6. The van der Waals surface area contributed by atoms with Crippen LogP contribution in [-0.2, 0) is 22.4 Å². The summed E-state index contributed by atoms with van der Waals surface area (Å²) in [6.07, 6.45) is 11.2. The van der Waals surface area contributed by atoms with Crippen LogP contribution in [0, 0.1) is 23.5 Å². The van der Waals surface area contributed by atoms with Gasteiger partial charge in [-0.1, -0.05) is 31.4 Å². The van der Waals surface area contributed by atoms with Crippen molar-refractivity contribution in [3.8, 4) is 17.1 Å². The van der Waals surface area contributed by atoms with Crippen molar-refractivity contribution in [1.82, 2.24) is 19.9 Å². The van der Waals surface area contributed by atoms with Crippen LogP contribution < -0.4 is 4.74 Å². The third-order valence-corrected chi connectivity index (χ3v) is 7.97. The summed E-state index contributed by atoms with van der Waals surface area (Å²) in [6.45, 7) is 3.72. The van der Waals surface area contributed by atoms with Crippen molar-refractivity contribution in [3.63, 3.8) is 0 Å². The lowest BCUT2D eigenvalue weighted by Crippen LogP contribution is -2.21. The molecule has 7 nitrogen and oxygen atoms in total. The van der Waals surface area contributed by atoms with Crippen molar-refractivity contribution in [2.75, 3.05) is 19.8 Å². The highest BCUT2D eigenvalue weighted by Gasteiger charge is 2.26. The van der Waals surface area contributed by atoms with Crippen molar-refractivity contribution < 1.29 is 23.0 Å². The molecule has 5 rings (SSSR count). The van der Waals surface area contributed by atoms with Gasteiger partial charge in [-0.05, 0) is 68.2 Å². The van der Waals surface area contributed by atoms with Crippen LogP contribution in [0.3, 0.4) is 0 Å². The van der Waals surface area contributed by atoms with Crippen LogP contribution in [0.25, 0.3) is 22.4 Å². The van der Waals surface area contributed by atoms with Gasteiger partial charge in [-0.3, -0.25) is 4.79 Å². The number of halogens is 2. The number of carbonyl (C=O) groups excluding carboxylic acids is 1. The standard InChI is InChI=1S/C33H38F2N4O3/c1-2-41-12-13-42-27-11-5-7-22(16-27)6-4-10-26(40)15-23-8-3-9-24(14-23)17-31-30(35)21-38-33(39-31)29-20-37-32-28(29)18-25(34)19-36-32/h5,7,11,16,18-21,23-24H,2-4,6,8-10,12-15,17H2,1H3,(H,36,37)/t23-,24+/m1/s1. The van der Waals surface area contributed by atoms with E-state index >= 15 is 0 Å². The molecule has 222 valence electrons. The minimum Gasteiger partial charge on any atom is -0.491 e. The first-order valence-corrected chi connectivity index (χ1v) is 14.9. The number of rotatable bonds is 14. The average molecular weight is 577 g/mol. The summed E-state index contributed by atoms with van der Waals surface area (Å²) in [5.74, 6) is 1.12. The monoisotopic (exact) mass is 576 g/mol. The fraction of sp³-hybridized carbons (Fsp3) is 0.455. The minimum absolute atomic E-state index is 0.251. The Morgan fingerprint density at radius 1 is 1.10 bits per heavy atom. The maximum absolute atomic E-state index is 14.8. The van der Waals surface area contributed by atoms with Gasteiger partial charge in [0.25, 0.3) is 0 Å². The highest BCUT2D eigenvalue weighted by atomic mass is 19.1. The van der Waals surface area contributed by atoms with Gasteiger partial charge in [-0.15, -0.1) is 0 Å². The van der Waals surface area contributed by atoms with Crippen LogP contribution in [0.1, 0.15) is 63.1 Å². The summed E-state index contributed by atoms with van der Waals surface area (Å²) >= 11 is 0. The van der Waals surface area contributed by atoms with E-state index in [1.165, 1.54) is 12.3 Å². The van der Waals surface area contributed by atoms with Crippen molar-refractivity contribution in [2.45, 2.75) is 64.7 Å². The molecule has 1 saturated carbocycles. The molecule has 9 heteroatoms. The van der Waals surface area contributed by atoms with Crippen LogP contribution in [0.2, 0.25) is 0 Å². The molecule has 0 radical (unpaired) electrons. The van der Waals surface area contributed by atoms with Crippen LogP contribution in [0.4, 0.5) is 8.78 Å². The Kier molecular flexibility index (Phi) is 10.2. The molecule has 1 fully saturated rings. The van der Waals surface area contributed by atoms with E-state index in [9.17, 15) is 13.6 Å². The van der Waals surface area contributed by atoms with Crippen molar-refractivity contribution >= 4 is 16.8 Å². The number of hydrogen-bond acceptors (Lipinski definition) is 6. The number of H-pyrrole nitrogens is 1. The molecule has 3 aromatic heterocycles. The fourth-order valence-electron chi connectivity index (χ4n) is 5.95. The molecule has 0 bridgehead atoms. The van der Waals surface area contributed by atoms with Crippen molar-refractivity contribution in [3.05, 3.63) is 71.8 Å². The number of hydrogen-bond donors (Lipinski definition) is 1. The number of fused-ring (bicyclic) bond motifs is 1. The molecular formula is C33H38F2N4O3. The Bertz CT molecular complexity index is 1490. The second kappa shape index (κ2) is 14.4. The Morgan fingerprint density at radius 3 is 2.86 bits per heavy atom. The second-order valence-corrected chi connectivity index (χ2v) is 11.1. The van der Waals surface area contributed by atoms with Gasteiger partial charge in [0.2, 0.25) is 0 Å². The summed E-state index contributed by atoms with van der Waals surface area (Å²) in [5.41, 5.74) is 2.64. The number of ether oxygens (including phenoxy) is 2. The van der Waals surface area contributed by atoms with E-state index < -0.39 is 11.6 Å². The number of carbonyl (C=O) groups is 1. The largest absolute Gasteiger partial charge is 0.491 e. The van der Waals surface area contributed by atoms with Crippen LogP contribution in [0.15, 0.2) is 48.9 Å². The predicted molar refractivity (Wildman–Crippen MR) is 157 cm³/mol. The molecule has 1 aliphatic rings. The van der Waals surface area contributed by atoms with Gasteiger partial charge < -0.3 is 14.5 Å². The summed E-state index contributed by atoms with van der Waals surface area (Å²) in [5, 5.41) is 0.558. The lowest BCUT2D eigenvalue weighted by Gasteiger charge is -2.28. The summed E-state index contributed by atoms with van der Waals surface area (Å²) in [7, 11) is 0. The number of aryl methyl sites for hydroxylation is 1. The molecule has 0 saturated heterocycles. The first-order valence-electron chi connectivity index (χ1n) is 14.9. The molecule has 1 aliphatic carbocycles. The van der Waals surface area contributed by atoms with E-state index in [0.717, 1.165) is 56.0 Å². The van der Waals surface area contributed by atoms with Gasteiger partial charge in [-0.25, -0.2) is 23.7 Å². The molecule has 0 unspecified atom stereocenters. The lowest BCUT2D eigenvalue weighted by atomic mass is 9.77. The predicted octanol–water partition coefficient (Wildman–Crippen LogP) is 7.04. The molecule has 0 aliphatic heterocycles. The Hall–Kier alpha value is -3.72. The van der Waals surface area contributed by atoms with Crippen molar-refractivity contribution in [1.29, 1.82) is 0 Å². The first kappa shape index (κ1) is 29.8. The quantitative estimate of drug-likeness (QED) is 0.162. The van der Waals surface area contributed by atoms with E-state index in [2.05, 4.69) is 26.0 Å². The number of Topliss-reactive ketones (excluding diaryl/α,β-unsaturated/α-hetero) is 1. The highest BCUT2D eigenvalue weighted by Crippen LogP contribution is 2.34. The van der Waals surface area contributed by atoms with E-state index in [0.29, 0.717) is 78.9 Å². The normalized spacial score (nSPS) is 17.0. The van der Waals surface area contributed by atoms with Gasteiger partial charge >= 0.3 is 0 Å². The number of nitrogens with zero attached hydrogens (tertiary/aromatic N) is 3. The minimum atomic E-state index is -0.457. The molecule has 1 aromatic carbocycles. The SMILES string of the molecule is CCOCCOc1cccc(CCCC(=O)C[C@@H]2CCC[C@H](Cc3nc(-c4c[nH]c5ncc(F)cc45)ncc3F)C2)c1. The molecular weight excluding hydrogens is 538 g/mol. The zero-order valence-corrected chi connectivity index (χ0v) is 24.1. The number of pyridine rings is 1. The zero-order valence-electron chi connectivity index (χ0n) is 24.1. The third kappa shape index (κ3) is 7.97. The Labute approximate surface area is 245 Å². The lowest BCUT2D eigenvalue weighted by molar-refractivity contribution is -0.120. The second-order valence-electron chi connectivity index (χ2n) is 11.1. The highest BCUT2D eigenvalue weighted by molar-refractivity contribution is 5.91. The number of ketones is 1. The van der Waals surface area contributed by atoms with Gasteiger partial charge in [0.05, 0.1) is 24.7 Å². The Balaban J connectivity index is 1.11. The van der Waals surface area contributed by atoms with Crippen LogP contribution in [-0.4, -0.2) is 45.5 Å². The van der Waals surface area contributed by atoms with Crippen LogP contribution >= 0.6 is 0 Å². The molecule has 0 amide bonds. The number of benzene rings is 1. The van der Waals surface area contributed by atoms with E-state index in [1.807, 2.05) is 25.1 Å². The van der Waals surface area contributed by atoms with Crippen molar-refractivity contribution in [2.24, 2.45) is 11.8 Å². The number of nitrogens with one attached hydrogen (secondary N) is 1.